The Labute approximate surface area is 234 Å². The van der Waals surface area contributed by atoms with Crippen LogP contribution in [0.4, 0.5) is 5.69 Å². The molecule has 208 valence electrons. The summed E-state index contributed by atoms with van der Waals surface area (Å²) in [4.78, 5) is 28.0. The van der Waals surface area contributed by atoms with Crippen LogP contribution in [0.1, 0.15) is 18.9 Å². The average molecular weight is 574 g/mol. The second-order valence-electron chi connectivity index (χ2n) is 8.57. The number of likely N-dealkylation sites (N-methyl/N-ethyl adjacent to an activating group) is 1. The first-order valence-corrected chi connectivity index (χ1v) is 14.0. The number of carbonyl (C=O) groups excluding carboxylic acids is 2. The highest BCUT2D eigenvalue weighted by atomic mass is 35.5. The zero-order valence-corrected chi connectivity index (χ0v) is 23.8. The van der Waals surface area contributed by atoms with Gasteiger partial charge in [-0.05, 0) is 72.6 Å². The monoisotopic (exact) mass is 573 g/mol. The van der Waals surface area contributed by atoms with Crippen LogP contribution in [0.5, 0.6) is 11.5 Å². The molecule has 39 heavy (non-hydrogen) atoms. The van der Waals surface area contributed by atoms with Crippen molar-refractivity contribution in [1.82, 2.24) is 10.2 Å². The first kappa shape index (κ1) is 29.8. The normalized spacial score (nSPS) is 11.8. The summed E-state index contributed by atoms with van der Waals surface area (Å²) in [6, 6.07) is 18.3. The number of ether oxygens (including phenoxy) is 2. The third kappa shape index (κ3) is 7.21. The Morgan fingerprint density at radius 1 is 0.897 bits per heavy atom. The summed E-state index contributed by atoms with van der Waals surface area (Å²) in [5.74, 6) is 0.239. The van der Waals surface area contributed by atoms with E-state index in [9.17, 15) is 18.0 Å². The Bertz CT molecular complexity index is 1360. The van der Waals surface area contributed by atoms with Gasteiger partial charge < -0.3 is 19.7 Å². The molecule has 0 spiro atoms. The fourth-order valence-corrected chi connectivity index (χ4v) is 5.56. The van der Waals surface area contributed by atoms with E-state index < -0.39 is 28.5 Å². The van der Waals surface area contributed by atoms with Crippen LogP contribution in [0.15, 0.2) is 77.7 Å². The van der Waals surface area contributed by atoms with E-state index in [-0.39, 0.29) is 23.0 Å². The van der Waals surface area contributed by atoms with Gasteiger partial charge in [-0.3, -0.25) is 13.9 Å². The number of halogens is 1. The van der Waals surface area contributed by atoms with Gasteiger partial charge in [0.15, 0.2) is 0 Å². The molecule has 0 bridgehead atoms. The minimum Gasteiger partial charge on any atom is -0.497 e. The Morgan fingerprint density at radius 3 is 1.92 bits per heavy atom. The van der Waals surface area contributed by atoms with E-state index in [1.165, 1.54) is 55.5 Å². The molecule has 0 fully saturated rings. The number of hydrogen-bond donors (Lipinski definition) is 1. The standard InChI is InChI=1S/C28H32ClN3O6S/c1-5-26(28(34)30-2)31(18-20-6-12-23(37-3)13-7-20)27(33)19-32(22-10-8-21(29)9-11-22)39(35,36)25-16-14-24(38-4)15-17-25/h6-17,26H,5,18-19H2,1-4H3,(H,30,34)/t26-/m1/s1. The number of amides is 2. The maximum absolute atomic E-state index is 13.9. The lowest BCUT2D eigenvalue weighted by Crippen LogP contribution is -2.51. The summed E-state index contributed by atoms with van der Waals surface area (Å²) in [7, 11) is 0.341. The largest absolute Gasteiger partial charge is 0.497 e. The van der Waals surface area contributed by atoms with Crippen LogP contribution in [0.25, 0.3) is 0 Å². The van der Waals surface area contributed by atoms with Crippen molar-refractivity contribution < 1.29 is 27.5 Å². The molecule has 9 nitrogen and oxygen atoms in total. The smallest absolute Gasteiger partial charge is 0.264 e. The first-order chi connectivity index (χ1) is 18.6. The molecule has 3 rings (SSSR count). The lowest BCUT2D eigenvalue weighted by Gasteiger charge is -2.33. The van der Waals surface area contributed by atoms with Crippen LogP contribution in [-0.4, -0.2) is 59.0 Å². The number of methoxy groups -OCH3 is 2. The second kappa shape index (κ2) is 13.3. The van der Waals surface area contributed by atoms with Gasteiger partial charge >= 0.3 is 0 Å². The lowest BCUT2D eigenvalue weighted by molar-refractivity contribution is -0.140. The van der Waals surface area contributed by atoms with Gasteiger partial charge in [-0.2, -0.15) is 0 Å². The van der Waals surface area contributed by atoms with E-state index in [4.69, 9.17) is 21.1 Å². The molecule has 1 atom stereocenters. The highest BCUT2D eigenvalue weighted by Gasteiger charge is 2.33. The molecule has 0 saturated heterocycles. The van der Waals surface area contributed by atoms with Gasteiger partial charge in [0, 0.05) is 18.6 Å². The third-order valence-corrected chi connectivity index (χ3v) is 8.23. The maximum Gasteiger partial charge on any atom is 0.264 e. The molecule has 2 amide bonds. The maximum atomic E-state index is 13.9. The molecule has 0 aromatic heterocycles. The van der Waals surface area contributed by atoms with Crippen molar-refractivity contribution in [2.75, 3.05) is 32.1 Å². The van der Waals surface area contributed by atoms with E-state index in [0.29, 0.717) is 22.9 Å². The van der Waals surface area contributed by atoms with E-state index in [1.807, 2.05) is 0 Å². The highest BCUT2D eigenvalue weighted by molar-refractivity contribution is 7.92. The molecule has 0 aliphatic carbocycles. The van der Waals surface area contributed by atoms with E-state index in [0.717, 1.165) is 9.87 Å². The third-order valence-electron chi connectivity index (χ3n) is 6.19. The van der Waals surface area contributed by atoms with Gasteiger partial charge in [0.25, 0.3) is 10.0 Å². The van der Waals surface area contributed by atoms with Crippen LogP contribution < -0.4 is 19.1 Å². The van der Waals surface area contributed by atoms with Gasteiger partial charge in [0.2, 0.25) is 11.8 Å². The summed E-state index contributed by atoms with van der Waals surface area (Å²) >= 11 is 6.05. The highest BCUT2D eigenvalue weighted by Crippen LogP contribution is 2.27. The zero-order valence-electron chi connectivity index (χ0n) is 22.3. The fourth-order valence-electron chi connectivity index (χ4n) is 4.02. The minimum atomic E-state index is -4.19. The van der Waals surface area contributed by atoms with E-state index >= 15 is 0 Å². The molecule has 3 aromatic rings. The van der Waals surface area contributed by atoms with Crippen molar-refractivity contribution in [3.05, 3.63) is 83.4 Å². The summed E-state index contributed by atoms with van der Waals surface area (Å²) in [5.41, 5.74) is 1.00. The predicted molar refractivity (Wildman–Crippen MR) is 151 cm³/mol. The van der Waals surface area contributed by atoms with Gasteiger partial charge in [-0.25, -0.2) is 8.42 Å². The SMILES string of the molecule is CC[C@H](C(=O)NC)N(Cc1ccc(OC)cc1)C(=O)CN(c1ccc(Cl)cc1)S(=O)(=O)c1ccc(OC)cc1. The Hall–Kier alpha value is -3.76. The number of anilines is 1. The van der Waals surface area contributed by atoms with Crippen LogP contribution in [-0.2, 0) is 26.2 Å². The molecular formula is C28H32ClN3O6S. The summed E-state index contributed by atoms with van der Waals surface area (Å²) in [6.07, 6.45) is 0.327. The average Bonchev–Trinajstić information content (AvgIpc) is 2.96. The predicted octanol–water partition coefficient (Wildman–Crippen LogP) is 4.11. The van der Waals surface area contributed by atoms with Gasteiger partial charge in [-0.1, -0.05) is 30.7 Å². The Kier molecular flexibility index (Phi) is 10.2. The number of nitrogens with one attached hydrogen (secondary N) is 1. The van der Waals surface area contributed by atoms with Gasteiger partial charge in [-0.15, -0.1) is 0 Å². The number of nitrogens with zero attached hydrogens (tertiary/aromatic N) is 2. The van der Waals surface area contributed by atoms with Crippen LogP contribution >= 0.6 is 11.6 Å². The number of sulfonamides is 1. The van der Waals surface area contributed by atoms with E-state index in [2.05, 4.69) is 5.32 Å². The molecule has 11 heteroatoms. The van der Waals surface area contributed by atoms with Gasteiger partial charge in [0.05, 0.1) is 24.8 Å². The van der Waals surface area contributed by atoms with Crippen molar-refractivity contribution >= 4 is 39.1 Å². The molecule has 0 heterocycles. The molecule has 1 N–H and O–H groups in total. The van der Waals surface area contributed by atoms with Crippen molar-refractivity contribution in [3.63, 3.8) is 0 Å². The molecule has 0 radical (unpaired) electrons. The molecule has 0 aliphatic heterocycles. The van der Waals surface area contributed by atoms with Crippen LogP contribution in [0, 0.1) is 0 Å². The zero-order chi connectivity index (χ0) is 28.6. The summed E-state index contributed by atoms with van der Waals surface area (Å²) in [5, 5.41) is 3.02. The Morgan fingerprint density at radius 2 is 1.44 bits per heavy atom. The fraction of sp³-hybridized carbons (Fsp3) is 0.286. The second-order valence-corrected chi connectivity index (χ2v) is 10.9. The van der Waals surface area contributed by atoms with Crippen molar-refractivity contribution in [2.24, 2.45) is 0 Å². The topological polar surface area (TPSA) is 105 Å². The molecular weight excluding hydrogens is 542 g/mol. The number of carbonyl (C=O) groups is 2. The van der Waals surface area contributed by atoms with Crippen molar-refractivity contribution in [2.45, 2.75) is 30.8 Å². The summed E-state index contributed by atoms with van der Waals surface area (Å²) < 4.78 is 39.0. The van der Waals surface area contributed by atoms with Crippen LogP contribution in [0.2, 0.25) is 5.02 Å². The number of rotatable bonds is 12. The molecule has 3 aromatic carbocycles. The first-order valence-electron chi connectivity index (χ1n) is 12.2. The molecule has 0 unspecified atom stereocenters. The number of benzene rings is 3. The lowest BCUT2D eigenvalue weighted by atomic mass is 10.1. The number of hydrogen-bond acceptors (Lipinski definition) is 6. The molecule has 0 saturated carbocycles. The van der Waals surface area contributed by atoms with Crippen LogP contribution in [0.3, 0.4) is 0 Å². The van der Waals surface area contributed by atoms with Crippen molar-refractivity contribution in [1.29, 1.82) is 0 Å². The van der Waals surface area contributed by atoms with Gasteiger partial charge in [0.1, 0.15) is 24.1 Å². The molecule has 0 aliphatic rings. The minimum absolute atomic E-state index is 0.0221. The van der Waals surface area contributed by atoms with E-state index in [1.54, 1.807) is 50.4 Å². The summed E-state index contributed by atoms with van der Waals surface area (Å²) in [6.45, 7) is 1.34. The quantitative estimate of drug-likeness (QED) is 0.350. The Balaban J connectivity index is 2.04. The van der Waals surface area contributed by atoms with Crippen molar-refractivity contribution in [3.8, 4) is 11.5 Å².